The van der Waals surface area contributed by atoms with E-state index in [1.54, 1.807) is 25.1 Å². The van der Waals surface area contributed by atoms with Gasteiger partial charge in [-0.2, -0.15) is 8.78 Å². The van der Waals surface area contributed by atoms with Gasteiger partial charge in [0.15, 0.2) is 0 Å². The Morgan fingerprint density at radius 2 is 2.06 bits per heavy atom. The van der Waals surface area contributed by atoms with Crippen molar-refractivity contribution in [2.45, 2.75) is 19.6 Å². The zero-order valence-electron chi connectivity index (χ0n) is 10.2. The average Bonchev–Trinajstić information content (AvgIpc) is 2.35. The number of ether oxygens (including phenoxy) is 1. The zero-order chi connectivity index (χ0) is 13.5. The summed E-state index contributed by atoms with van der Waals surface area (Å²) in [6.45, 7) is -0.977. The molecule has 100 valence electrons. The molecule has 0 saturated carbocycles. The second-order valence-corrected chi connectivity index (χ2v) is 3.69. The van der Waals surface area contributed by atoms with Crippen molar-refractivity contribution >= 4 is 5.91 Å². The number of rotatable bonds is 6. The number of carbonyl (C=O) groups is 1. The lowest BCUT2D eigenvalue weighted by atomic mass is 10.1. The largest absolute Gasteiger partial charge is 0.434 e. The Hall–Kier alpha value is -1.69. The Bertz CT molecular complexity index is 399. The molecular weight excluding hydrogens is 242 g/mol. The second-order valence-electron chi connectivity index (χ2n) is 3.69. The molecule has 0 spiro atoms. The summed E-state index contributed by atoms with van der Waals surface area (Å²) in [5.41, 5.74) is 0.585. The molecule has 0 aliphatic carbocycles. The summed E-state index contributed by atoms with van der Waals surface area (Å²) >= 11 is 0. The highest BCUT2D eigenvalue weighted by molar-refractivity contribution is 5.77. The zero-order valence-corrected chi connectivity index (χ0v) is 10.2. The number of amides is 1. The molecule has 4 nitrogen and oxygen atoms in total. The van der Waals surface area contributed by atoms with Crippen LogP contribution in [0.5, 0.6) is 5.75 Å². The van der Waals surface area contributed by atoms with Gasteiger partial charge in [0.1, 0.15) is 5.75 Å². The summed E-state index contributed by atoms with van der Waals surface area (Å²) in [7, 11) is 1.53. The third-order valence-electron chi connectivity index (χ3n) is 2.45. The SMILES string of the molecule is CNC(=O)CNC(C)c1ccccc1OC(F)F. The number of alkyl halides is 2. The smallest absolute Gasteiger partial charge is 0.387 e. The third-order valence-corrected chi connectivity index (χ3v) is 2.45. The molecule has 0 aliphatic heterocycles. The molecule has 1 aromatic rings. The van der Waals surface area contributed by atoms with Crippen molar-refractivity contribution in [1.82, 2.24) is 10.6 Å². The Labute approximate surface area is 104 Å². The van der Waals surface area contributed by atoms with Crippen LogP contribution in [0.4, 0.5) is 8.78 Å². The monoisotopic (exact) mass is 258 g/mol. The first kappa shape index (κ1) is 14.4. The summed E-state index contributed by atoms with van der Waals surface area (Å²) in [5, 5.41) is 5.39. The minimum Gasteiger partial charge on any atom is -0.434 e. The van der Waals surface area contributed by atoms with E-state index in [-0.39, 0.29) is 24.2 Å². The number of halogens is 2. The molecule has 0 saturated heterocycles. The van der Waals surface area contributed by atoms with Crippen LogP contribution in [-0.4, -0.2) is 26.1 Å². The van der Waals surface area contributed by atoms with E-state index in [9.17, 15) is 13.6 Å². The van der Waals surface area contributed by atoms with Crippen LogP contribution in [0.25, 0.3) is 0 Å². The fourth-order valence-electron chi connectivity index (χ4n) is 1.49. The van der Waals surface area contributed by atoms with E-state index >= 15 is 0 Å². The van der Waals surface area contributed by atoms with Gasteiger partial charge in [-0.1, -0.05) is 18.2 Å². The van der Waals surface area contributed by atoms with E-state index < -0.39 is 6.61 Å². The van der Waals surface area contributed by atoms with Gasteiger partial charge in [-0.3, -0.25) is 4.79 Å². The molecule has 6 heteroatoms. The van der Waals surface area contributed by atoms with Gasteiger partial charge in [0.2, 0.25) is 5.91 Å². The molecule has 1 rings (SSSR count). The Kier molecular flexibility index (Phi) is 5.51. The second kappa shape index (κ2) is 6.90. The van der Waals surface area contributed by atoms with Crippen molar-refractivity contribution in [2.75, 3.05) is 13.6 Å². The van der Waals surface area contributed by atoms with Gasteiger partial charge in [0.25, 0.3) is 0 Å². The number of nitrogens with one attached hydrogen (secondary N) is 2. The maximum atomic E-state index is 12.2. The van der Waals surface area contributed by atoms with Crippen LogP contribution >= 0.6 is 0 Å². The van der Waals surface area contributed by atoms with E-state index in [0.29, 0.717) is 5.56 Å². The van der Waals surface area contributed by atoms with Crippen molar-refractivity contribution in [3.63, 3.8) is 0 Å². The van der Waals surface area contributed by atoms with Crippen LogP contribution in [0.2, 0.25) is 0 Å². The minimum atomic E-state index is -2.86. The van der Waals surface area contributed by atoms with Crippen molar-refractivity contribution in [2.24, 2.45) is 0 Å². The van der Waals surface area contributed by atoms with Gasteiger partial charge < -0.3 is 15.4 Å². The first-order chi connectivity index (χ1) is 8.54. The average molecular weight is 258 g/mol. The highest BCUT2D eigenvalue weighted by atomic mass is 19.3. The van der Waals surface area contributed by atoms with E-state index in [1.807, 2.05) is 0 Å². The molecule has 0 aliphatic rings. The minimum absolute atomic E-state index is 0.112. The van der Waals surface area contributed by atoms with Crippen molar-refractivity contribution < 1.29 is 18.3 Å². The Morgan fingerprint density at radius 3 is 2.67 bits per heavy atom. The summed E-state index contributed by atoms with van der Waals surface area (Å²) < 4.78 is 28.9. The van der Waals surface area contributed by atoms with Crippen molar-refractivity contribution in [3.8, 4) is 5.75 Å². The van der Waals surface area contributed by atoms with Gasteiger partial charge in [-0.05, 0) is 13.0 Å². The molecule has 1 unspecified atom stereocenters. The number of hydrogen-bond acceptors (Lipinski definition) is 3. The van der Waals surface area contributed by atoms with Crippen molar-refractivity contribution in [1.29, 1.82) is 0 Å². The van der Waals surface area contributed by atoms with Crippen LogP contribution in [0.1, 0.15) is 18.5 Å². The Balaban J connectivity index is 2.72. The lowest BCUT2D eigenvalue weighted by Crippen LogP contribution is -2.33. The number of likely N-dealkylation sites (N-methyl/N-ethyl adjacent to an activating group) is 1. The van der Waals surface area contributed by atoms with E-state index in [2.05, 4.69) is 15.4 Å². The summed E-state index contributed by atoms with van der Waals surface area (Å²) in [5.74, 6) is -0.0569. The van der Waals surface area contributed by atoms with E-state index in [0.717, 1.165) is 0 Å². The topological polar surface area (TPSA) is 50.4 Å². The van der Waals surface area contributed by atoms with Crippen LogP contribution in [0.15, 0.2) is 24.3 Å². The van der Waals surface area contributed by atoms with E-state index in [1.165, 1.54) is 13.1 Å². The lowest BCUT2D eigenvalue weighted by Gasteiger charge is -2.17. The van der Waals surface area contributed by atoms with Crippen LogP contribution in [-0.2, 0) is 4.79 Å². The van der Waals surface area contributed by atoms with Gasteiger partial charge in [0, 0.05) is 18.7 Å². The summed E-state index contributed by atoms with van der Waals surface area (Å²) in [4.78, 5) is 11.1. The Morgan fingerprint density at radius 1 is 1.39 bits per heavy atom. The lowest BCUT2D eigenvalue weighted by molar-refractivity contribution is -0.119. The van der Waals surface area contributed by atoms with Crippen LogP contribution in [0.3, 0.4) is 0 Å². The molecule has 0 heterocycles. The van der Waals surface area contributed by atoms with Crippen LogP contribution < -0.4 is 15.4 Å². The highest BCUT2D eigenvalue weighted by Crippen LogP contribution is 2.25. The highest BCUT2D eigenvalue weighted by Gasteiger charge is 2.14. The third kappa shape index (κ3) is 4.29. The predicted octanol–water partition coefficient (Wildman–Crippen LogP) is 1.68. The quantitative estimate of drug-likeness (QED) is 0.816. The maximum absolute atomic E-state index is 12.2. The molecule has 0 aromatic heterocycles. The van der Waals surface area contributed by atoms with Crippen LogP contribution in [0, 0.1) is 0 Å². The fourth-order valence-corrected chi connectivity index (χ4v) is 1.49. The van der Waals surface area contributed by atoms with Gasteiger partial charge in [0.05, 0.1) is 6.54 Å². The fraction of sp³-hybridized carbons (Fsp3) is 0.417. The number of para-hydroxylation sites is 1. The number of hydrogen-bond donors (Lipinski definition) is 2. The molecule has 0 radical (unpaired) electrons. The molecule has 2 N–H and O–H groups in total. The van der Waals surface area contributed by atoms with E-state index in [4.69, 9.17) is 0 Å². The standard InChI is InChI=1S/C12H16F2N2O2/c1-8(16-7-11(17)15-2)9-5-3-4-6-10(9)18-12(13)14/h3-6,8,12,16H,7H2,1-2H3,(H,15,17). The molecule has 0 bridgehead atoms. The van der Waals surface area contributed by atoms with Crippen molar-refractivity contribution in [3.05, 3.63) is 29.8 Å². The molecule has 18 heavy (non-hydrogen) atoms. The summed E-state index contributed by atoms with van der Waals surface area (Å²) in [6, 6.07) is 6.23. The normalized spacial score (nSPS) is 12.3. The molecule has 1 atom stereocenters. The molecular formula is C12H16F2N2O2. The van der Waals surface area contributed by atoms with Gasteiger partial charge >= 0.3 is 6.61 Å². The first-order valence-electron chi connectivity index (χ1n) is 5.52. The number of carbonyl (C=O) groups excluding carboxylic acids is 1. The predicted molar refractivity (Wildman–Crippen MR) is 63.6 cm³/mol. The number of benzene rings is 1. The molecule has 0 fully saturated rings. The first-order valence-corrected chi connectivity index (χ1v) is 5.52. The molecule has 1 amide bonds. The van der Waals surface area contributed by atoms with Gasteiger partial charge in [-0.25, -0.2) is 0 Å². The maximum Gasteiger partial charge on any atom is 0.387 e. The molecule has 1 aromatic carbocycles. The van der Waals surface area contributed by atoms with Gasteiger partial charge in [-0.15, -0.1) is 0 Å². The summed E-state index contributed by atoms with van der Waals surface area (Å²) in [6.07, 6.45) is 0.